The highest BCUT2D eigenvalue weighted by molar-refractivity contribution is 5.27. The fourth-order valence-corrected chi connectivity index (χ4v) is 0.983. The molecule has 0 saturated heterocycles. The zero-order chi connectivity index (χ0) is 7.40. The second-order valence-corrected chi connectivity index (χ2v) is 2.33. The summed E-state index contributed by atoms with van der Waals surface area (Å²) in [5.41, 5.74) is 1.12. The third-order valence-electron chi connectivity index (χ3n) is 1.65. The van der Waals surface area contributed by atoms with E-state index < -0.39 is 0 Å². The van der Waals surface area contributed by atoms with Crippen molar-refractivity contribution < 1.29 is 5.11 Å². The molecule has 1 heteroatoms. The summed E-state index contributed by atoms with van der Waals surface area (Å²) in [6, 6.07) is 0. The van der Waals surface area contributed by atoms with Crippen LogP contribution in [0.5, 0.6) is 0 Å². The summed E-state index contributed by atoms with van der Waals surface area (Å²) < 4.78 is 0. The topological polar surface area (TPSA) is 20.2 Å². The first-order valence-corrected chi connectivity index (χ1v) is 3.58. The average molecular weight is 136 g/mol. The summed E-state index contributed by atoms with van der Waals surface area (Å²) in [5.74, 6) is 0.438. The SMILES string of the molecule is CCC1=C(O)C=CC=CC1. The molecule has 1 N–H and O–H groups in total. The standard InChI is InChI=1S/C9H12O/c1-2-8-6-4-3-5-7-9(8)10/h3-5,7,10H,2,6H2,1H3. The Labute approximate surface area is 61.4 Å². The van der Waals surface area contributed by atoms with Gasteiger partial charge in [-0.25, -0.2) is 0 Å². The third kappa shape index (κ3) is 1.50. The van der Waals surface area contributed by atoms with E-state index in [9.17, 15) is 5.11 Å². The molecule has 0 aliphatic heterocycles. The number of aliphatic hydroxyl groups is 1. The van der Waals surface area contributed by atoms with Crippen molar-refractivity contribution >= 4 is 0 Å². The molecule has 0 unspecified atom stereocenters. The maximum atomic E-state index is 9.30. The molecule has 1 aliphatic rings. The smallest absolute Gasteiger partial charge is 0.115 e. The van der Waals surface area contributed by atoms with E-state index in [0.717, 1.165) is 18.4 Å². The van der Waals surface area contributed by atoms with Crippen LogP contribution in [0.2, 0.25) is 0 Å². The van der Waals surface area contributed by atoms with Crippen molar-refractivity contribution in [2.24, 2.45) is 0 Å². The summed E-state index contributed by atoms with van der Waals surface area (Å²) in [6.45, 7) is 2.05. The average Bonchev–Trinajstić information content (AvgIpc) is 2.13. The van der Waals surface area contributed by atoms with Crippen molar-refractivity contribution in [2.75, 3.05) is 0 Å². The van der Waals surface area contributed by atoms with Crippen molar-refractivity contribution in [3.63, 3.8) is 0 Å². The minimum Gasteiger partial charge on any atom is -0.508 e. The van der Waals surface area contributed by atoms with E-state index in [2.05, 4.69) is 13.0 Å². The molecule has 0 saturated carbocycles. The van der Waals surface area contributed by atoms with E-state index in [0.29, 0.717) is 5.76 Å². The van der Waals surface area contributed by atoms with Gasteiger partial charge in [0, 0.05) is 0 Å². The second kappa shape index (κ2) is 3.25. The number of rotatable bonds is 1. The maximum Gasteiger partial charge on any atom is 0.115 e. The molecule has 0 bridgehead atoms. The Balaban J connectivity index is 2.82. The predicted octanol–water partition coefficient (Wildman–Crippen LogP) is 2.72. The van der Waals surface area contributed by atoms with Crippen LogP contribution in [0.15, 0.2) is 35.6 Å². The Morgan fingerprint density at radius 2 is 2.30 bits per heavy atom. The van der Waals surface area contributed by atoms with Crippen LogP contribution in [0.3, 0.4) is 0 Å². The molecule has 0 heterocycles. The summed E-state index contributed by atoms with van der Waals surface area (Å²) in [7, 11) is 0. The van der Waals surface area contributed by atoms with Gasteiger partial charge in [-0.15, -0.1) is 0 Å². The Bertz CT molecular complexity index is 197. The van der Waals surface area contributed by atoms with Gasteiger partial charge in [-0.05, 0) is 24.5 Å². The molecule has 0 aromatic rings. The first kappa shape index (κ1) is 7.13. The van der Waals surface area contributed by atoms with Gasteiger partial charge in [-0.3, -0.25) is 0 Å². The zero-order valence-electron chi connectivity index (χ0n) is 6.17. The number of hydrogen-bond acceptors (Lipinski definition) is 1. The number of hydrogen-bond donors (Lipinski definition) is 1. The molecular weight excluding hydrogens is 124 g/mol. The molecule has 54 valence electrons. The van der Waals surface area contributed by atoms with Gasteiger partial charge in [0.2, 0.25) is 0 Å². The molecular formula is C9H12O. The predicted molar refractivity (Wildman–Crippen MR) is 42.8 cm³/mol. The highest BCUT2D eigenvalue weighted by atomic mass is 16.3. The summed E-state index contributed by atoms with van der Waals surface area (Å²) in [6.07, 6.45) is 9.42. The fourth-order valence-electron chi connectivity index (χ4n) is 0.983. The first-order valence-electron chi connectivity index (χ1n) is 3.58. The number of allylic oxidation sites excluding steroid dienone is 5. The quantitative estimate of drug-likeness (QED) is 0.587. The second-order valence-electron chi connectivity index (χ2n) is 2.33. The molecule has 0 spiro atoms. The monoisotopic (exact) mass is 136 g/mol. The van der Waals surface area contributed by atoms with Crippen molar-refractivity contribution in [3.05, 3.63) is 35.6 Å². The molecule has 0 aromatic carbocycles. The van der Waals surface area contributed by atoms with Gasteiger partial charge in [-0.2, -0.15) is 0 Å². The van der Waals surface area contributed by atoms with Gasteiger partial charge >= 0.3 is 0 Å². The Hall–Kier alpha value is -0.980. The lowest BCUT2D eigenvalue weighted by Crippen LogP contribution is -1.84. The van der Waals surface area contributed by atoms with E-state index in [1.807, 2.05) is 12.2 Å². The van der Waals surface area contributed by atoms with Gasteiger partial charge in [0.25, 0.3) is 0 Å². The van der Waals surface area contributed by atoms with Crippen molar-refractivity contribution in [2.45, 2.75) is 19.8 Å². The molecule has 1 nitrogen and oxygen atoms in total. The van der Waals surface area contributed by atoms with Crippen molar-refractivity contribution in [3.8, 4) is 0 Å². The first-order chi connectivity index (χ1) is 4.84. The Kier molecular flexibility index (Phi) is 2.32. The lowest BCUT2D eigenvalue weighted by Gasteiger charge is -1.99. The van der Waals surface area contributed by atoms with Crippen LogP contribution in [-0.2, 0) is 0 Å². The van der Waals surface area contributed by atoms with Crippen LogP contribution in [0, 0.1) is 0 Å². The van der Waals surface area contributed by atoms with E-state index >= 15 is 0 Å². The van der Waals surface area contributed by atoms with Crippen LogP contribution in [-0.4, -0.2) is 5.11 Å². The third-order valence-corrected chi connectivity index (χ3v) is 1.65. The maximum absolute atomic E-state index is 9.30. The molecule has 1 aliphatic carbocycles. The van der Waals surface area contributed by atoms with Crippen LogP contribution in [0.25, 0.3) is 0 Å². The molecule has 0 radical (unpaired) electrons. The molecule has 0 atom stereocenters. The Morgan fingerprint density at radius 3 is 3.00 bits per heavy atom. The molecule has 0 fully saturated rings. The van der Waals surface area contributed by atoms with Gasteiger partial charge in [0.05, 0.1) is 0 Å². The van der Waals surface area contributed by atoms with Crippen molar-refractivity contribution in [1.82, 2.24) is 0 Å². The van der Waals surface area contributed by atoms with E-state index in [1.54, 1.807) is 6.08 Å². The largest absolute Gasteiger partial charge is 0.508 e. The van der Waals surface area contributed by atoms with Crippen molar-refractivity contribution in [1.29, 1.82) is 0 Å². The Morgan fingerprint density at radius 1 is 1.50 bits per heavy atom. The van der Waals surface area contributed by atoms with Crippen LogP contribution < -0.4 is 0 Å². The van der Waals surface area contributed by atoms with E-state index in [4.69, 9.17) is 0 Å². The zero-order valence-corrected chi connectivity index (χ0v) is 6.17. The van der Waals surface area contributed by atoms with Gasteiger partial charge in [-0.1, -0.05) is 25.2 Å². The van der Waals surface area contributed by atoms with Crippen LogP contribution in [0.4, 0.5) is 0 Å². The van der Waals surface area contributed by atoms with E-state index in [1.165, 1.54) is 0 Å². The van der Waals surface area contributed by atoms with Crippen LogP contribution >= 0.6 is 0 Å². The summed E-state index contributed by atoms with van der Waals surface area (Å²) >= 11 is 0. The van der Waals surface area contributed by atoms with Gasteiger partial charge in [0.1, 0.15) is 5.76 Å². The van der Waals surface area contributed by atoms with Gasteiger partial charge < -0.3 is 5.11 Å². The highest BCUT2D eigenvalue weighted by Gasteiger charge is 1.99. The summed E-state index contributed by atoms with van der Waals surface area (Å²) in [4.78, 5) is 0. The fraction of sp³-hybridized carbons (Fsp3) is 0.333. The molecule has 0 aromatic heterocycles. The van der Waals surface area contributed by atoms with E-state index in [-0.39, 0.29) is 0 Å². The number of aliphatic hydroxyl groups excluding tert-OH is 1. The minimum atomic E-state index is 0.438. The molecule has 0 amide bonds. The van der Waals surface area contributed by atoms with Crippen LogP contribution in [0.1, 0.15) is 19.8 Å². The highest BCUT2D eigenvalue weighted by Crippen LogP contribution is 2.15. The minimum absolute atomic E-state index is 0.438. The lowest BCUT2D eigenvalue weighted by atomic mass is 10.1. The van der Waals surface area contributed by atoms with Gasteiger partial charge in [0.15, 0.2) is 0 Å². The molecule has 10 heavy (non-hydrogen) atoms. The summed E-state index contributed by atoms with van der Waals surface area (Å²) in [5, 5.41) is 9.30. The lowest BCUT2D eigenvalue weighted by molar-refractivity contribution is 0.422. The molecule has 1 rings (SSSR count). The normalized spacial score (nSPS) is 17.7.